The molecule has 0 aromatic rings. The first-order valence-electron chi connectivity index (χ1n) is 7.76. The van der Waals surface area contributed by atoms with E-state index in [0.29, 0.717) is 24.5 Å². The molecule has 1 fully saturated rings. The van der Waals surface area contributed by atoms with Gasteiger partial charge in [-0.2, -0.15) is 0 Å². The Morgan fingerprint density at radius 3 is 2.17 bits per heavy atom. The minimum absolute atomic E-state index is 0.246. The standard InChI is InChI=1S/C15H32N2O/c1-12(11-18)13(2)17-15(10-16)14-8-6-4-3-5-7-9-14/h12-15,17-18H,3-11,16H2,1-2H3. The van der Waals surface area contributed by atoms with Crippen LogP contribution in [0.1, 0.15) is 58.8 Å². The minimum Gasteiger partial charge on any atom is -0.396 e. The van der Waals surface area contributed by atoms with Gasteiger partial charge in [-0.25, -0.2) is 0 Å². The molecule has 3 atom stereocenters. The highest BCUT2D eigenvalue weighted by Crippen LogP contribution is 2.25. The van der Waals surface area contributed by atoms with Gasteiger partial charge < -0.3 is 16.2 Å². The van der Waals surface area contributed by atoms with Crippen LogP contribution in [0.4, 0.5) is 0 Å². The fraction of sp³-hybridized carbons (Fsp3) is 1.00. The molecule has 1 aliphatic rings. The van der Waals surface area contributed by atoms with Crippen molar-refractivity contribution in [2.24, 2.45) is 17.6 Å². The summed E-state index contributed by atoms with van der Waals surface area (Å²) in [6.07, 6.45) is 9.52. The molecular formula is C15H32N2O. The van der Waals surface area contributed by atoms with Crippen molar-refractivity contribution in [3.05, 3.63) is 0 Å². The van der Waals surface area contributed by atoms with Crippen LogP contribution < -0.4 is 11.1 Å². The summed E-state index contributed by atoms with van der Waals surface area (Å²) >= 11 is 0. The molecule has 3 nitrogen and oxygen atoms in total. The van der Waals surface area contributed by atoms with E-state index in [9.17, 15) is 5.11 Å². The Morgan fingerprint density at radius 2 is 1.67 bits per heavy atom. The van der Waals surface area contributed by atoms with E-state index >= 15 is 0 Å². The highest BCUT2D eigenvalue weighted by Gasteiger charge is 2.23. The first-order valence-corrected chi connectivity index (χ1v) is 7.76. The van der Waals surface area contributed by atoms with Gasteiger partial charge in [-0.3, -0.25) is 0 Å². The molecule has 3 heteroatoms. The molecule has 1 rings (SSSR count). The second-order valence-electron chi connectivity index (χ2n) is 6.06. The Bertz CT molecular complexity index is 203. The van der Waals surface area contributed by atoms with Crippen LogP contribution in [0.15, 0.2) is 0 Å². The van der Waals surface area contributed by atoms with Crippen LogP contribution >= 0.6 is 0 Å². The van der Waals surface area contributed by atoms with Crippen molar-refractivity contribution < 1.29 is 5.11 Å². The van der Waals surface area contributed by atoms with Crippen LogP contribution in [0.3, 0.4) is 0 Å². The van der Waals surface area contributed by atoms with Crippen LogP contribution in [0.2, 0.25) is 0 Å². The van der Waals surface area contributed by atoms with Crippen molar-refractivity contribution in [3.63, 3.8) is 0 Å². The van der Waals surface area contributed by atoms with Gasteiger partial charge in [-0.05, 0) is 31.6 Å². The summed E-state index contributed by atoms with van der Waals surface area (Å²) in [6.45, 7) is 5.21. The maximum absolute atomic E-state index is 9.21. The molecule has 108 valence electrons. The van der Waals surface area contributed by atoms with Crippen molar-refractivity contribution >= 4 is 0 Å². The van der Waals surface area contributed by atoms with Gasteiger partial charge in [-0.15, -0.1) is 0 Å². The molecule has 0 heterocycles. The fourth-order valence-corrected chi connectivity index (χ4v) is 2.95. The molecule has 0 amide bonds. The zero-order chi connectivity index (χ0) is 13.4. The number of nitrogens with one attached hydrogen (secondary N) is 1. The molecule has 3 unspecified atom stereocenters. The average Bonchev–Trinajstić information content (AvgIpc) is 2.35. The number of hydrogen-bond donors (Lipinski definition) is 3. The van der Waals surface area contributed by atoms with Crippen LogP contribution in [0.5, 0.6) is 0 Å². The maximum Gasteiger partial charge on any atom is 0.0471 e. The van der Waals surface area contributed by atoms with E-state index in [1.165, 1.54) is 44.9 Å². The fourth-order valence-electron chi connectivity index (χ4n) is 2.95. The molecule has 0 aromatic carbocycles. The molecule has 4 N–H and O–H groups in total. The van der Waals surface area contributed by atoms with Gasteiger partial charge in [0, 0.05) is 25.2 Å². The van der Waals surface area contributed by atoms with E-state index in [0.717, 1.165) is 5.92 Å². The SMILES string of the molecule is CC(CO)C(C)NC(CN)C1CCCCCCC1. The summed E-state index contributed by atoms with van der Waals surface area (Å²) < 4.78 is 0. The van der Waals surface area contributed by atoms with Crippen LogP contribution in [-0.4, -0.2) is 30.3 Å². The van der Waals surface area contributed by atoms with E-state index in [2.05, 4.69) is 19.2 Å². The predicted octanol–water partition coefficient (Wildman–Crippen LogP) is 2.28. The Hall–Kier alpha value is -0.120. The van der Waals surface area contributed by atoms with Crippen molar-refractivity contribution in [1.82, 2.24) is 5.32 Å². The topological polar surface area (TPSA) is 58.3 Å². The number of nitrogens with two attached hydrogens (primary N) is 1. The number of rotatable bonds is 6. The third-order valence-corrected chi connectivity index (χ3v) is 4.59. The van der Waals surface area contributed by atoms with Crippen LogP contribution in [-0.2, 0) is 0 Å². The van der Waals surface area contributed by atoms with Crippen LogP contribution in [0.25, 0.3) is 0 Å². The van der Waals surface area contributed by atoms with Gasteiger partial charge in [0.1, 0.15) is 0 Å². The molecule has 1 aliphatic carbocycles. The van der Waals surface area contributed by atoms with Crippen LogP contribution in [0, 0.1) is 11.8 Å². The second-order valence-corrected chi connectivity index (χ2v) is 6.06. The predicted molar refractivity (Wildman–Crippen MR) is 77.5 cm³/mol. The summed E-state index contributed by atoms with van der Waals surface area (Å²) in [4.78, 5) is 0. The van der Waals surface area contributed by atoms with Gasteiger partial charge in [0.15, 0.2) is 0 Å². The molecule has 0 bridgehead atoms. The summed E-state index contributed by atoms with van der Waals surface area (Å²) in [5, 5.41) is 12.9. The molecule has 0 saturated heterocycles. The van der Waals surface area contributed by atoms with Gasteiger partial charge in [0.05, 0.1) is 0 Å². The third-order valence-electron chi connectivity index (χ3n) is 4.59. The monoisotopic (exact) mass is 256 g/mol. The molecule has 0 aliphatic heterocycles. The minimum atomic E-state index is 0.246. The quantitative estimate of drug-likeness (QED) is 0.683. The first-order chi connectivity index (χ1) is 8.69. The van der Waals surface area contributed by atoms with Crippen molar-refractivity contribution in [1.29, 1.82) is 0 Å². The van der Waals surface area contributed by atoms with Crippen molar-refractivity contribution in [2.45, 2.75) is 70.9 Å². The lowest BCUT2D eigenvalue weighted by atomic mass is 9.85. The van der Waals surface area contributed by atoms with E-state index in [4.69, 9.17) is 5.73 Å². The second kappa shape index (κ2) is 8.89. The Morgan fingerprint density at radius 1 is 1.11 bits per heavy atom. The highest BCUT2D eigenvalue weighted by atomic mass is 16.3. The van der Waals surface area contributed by atoms with E-state index < -0.39 is 0 Å². The summed E-state index contributed by atoms with van der Waals surface area (Å²) in [7, 11) is 0. The van der Waals surface area contributed by atoms with E-state index in [1.54, 1.807) is 0 Å². The van der Waals surface area contributed by atoms with Gasteiger partial charge in [0.25, 0.3) is 0 Å². The summed E-state index contributed by atoms with van der Waals surface area (Å²) in [5.74, 6) is 1.02. The largest absolute Gasteiger partial charge is 0.396 e. The van der Waals surface area contributed by atoms with E-state index in [1.807, 2.05) is 0 Å². The number of hydrogen-bond acceptors (Lipinski definition) is 3. The van der Waals surface area contributed by atoms with Gasteiger partial charge >= 0.3 is 0 Å². The Kier molecular flexibility index (Phi) is 7.87. The molecule has 0 radical (unpaired) electrons. The lowest BCUT2D eigenvalue weighted by Gasteiger charge is -2.32. The van der Waals surface area contributed by atoms with Gasteiger partial charge in [0.2, 0.25) is 0 Å². The van der Waals surface area contributed by atoms with Crippen molar-refractivity contribution in [3.8, 4) is 0 Å². The Balaban J connectivity index is 2.46. The molecule has 0 spiro atoms. The van der Waals surface area contributed by atoms with Crippen molar-refractivity contribution in [2.75, 3.05) is 13.2 Å². The molecular weight excluding hydrogens is 224 g/mol. The average molecular weight is 256 g/mol. The number of aliphatic hydroxyl groups excluding tert-OH is 1. The smallest absolute Gasteiger partial charge is 0.0471 e. The van der Waals surface area contributed by atoms with Gasteiger partial charge in [-0.1, -0.05) is 39.0 Å². The molecule has 0 aromatic heterocycles. The highest BCUT2D eigenvalue weighted by molar-refractivity contribution is 4.82. The number of aliphatic hydroxyl groups is 1. The lowest BCUT2D eigenvalue weighted by Crippen LogP contribution is -2.49. The zero-order valence-electron chi connectivity index (χ0n) is 12.2. The lowest BCUT2D eigenvalue weighted by molar-refractivity contribution is 0.185. The zero-order valence-corrected chi connectivity index (χ0v) is 12.2. The normalized spacial score (nSPS) is 24.0. The molecule has 1 saturated carbocycles. The Labute approximate surface area is 113 Å². The summed E-state index contributed by atoms with van der Waals surface area (Å²) in [5.41, 5.74) is 5.96. The maximum atomic E-state index is 9.21. The molecule has 18 heavy (non-hydrogen) atoms. The van der Waals surface area contributed by atoms with E-state index in [-0.39, 0.29) is 6.61 Å². The third kappa shape index (κ3) is 5.25. The first kappa shape index (κ1) is 15.9. The summed E-state index contributed by atoms with van der Waals surface area (Å²) in [6, 6.07) is 0.765.